The molecule has 0 spiro atoms. The summed E-state index contributed by atoms with van der Waals surface area (Å²) in [6.07, 6.45) is 3.05. The van der Waals surface area contributed by atoms with Gasteiger partial charge in [0.15, 0.2) is 16.9 Å². The van der Waals surface area contributed by atoms with Crippen LogP contribution in [0.15, 0.2) is 39.5 Å². The zero-order chi connectivity index (χ0) is 21.4. The van der Waals surface area contributed by atoms with Gasteiger partial charge in [-0.1, -0.05) is 0 Å². The largest absolute Gasteiger partial charge is 0.496 e. The summed E-state index contributed by atoms with van der Waals surface area (Å²) in [7, 11) is 4.68. The van der Waals surface area contributed by atoms with Crippen LogP contribution in [-0.2, 0) is 6.42 Å². The number of carboxylic acid groups (broad SMARTS) is 1. The second-order valence-corrected chi connectivity index (χ2v) is 6.87. The van der Waals surface area contributed by atoms with E-state index in [0.29, 0.717) is 47.0 Å². The van der Waals surface area contributed by atoms with Crippen molar-refractivity contribution in [1.29, 1.82) is 0 Å². The van der Waals surface area contributed by atoms with Gasteiger partial charge in [-0.15, -0.1) is 0 Å². The lowest BCUT2D eigenvalue weighted by Gasteiger charge is -2.13. The van der Waals surface area contributed by atoms with Crippen molar-refractivity contribution in [3.8, 4) is 17.2 Å². The van der Waals surface area contributed by atoms with E-state index in [4.69, 9.17) is 18.6 Å². The van der Waals surface area contributed by atoms with Crippen molar-refractivity contribution in [3.05, 3.63) is 63.0 Å². The summed E-state index contributed by atoms with van der Waals surface area (Å²) in [6, 6.07) is 7.86. The van der Waals surface area contributed by atoms with Crippen LogP contribution in [0.4, 0.5) is 0 Å². The van der Waals surface area contributed by atoms with Gasteiger partial charge in [0, 0.05) is 17.2 Å². The van der Waals surface area contributed by atoms with Crippen LogP contribution in [0.25, 0.3) is 22.6 Å². The zero-order valence-corrected chi connectivity index (χ0v) is 16.8. The Morgan fingerprint density at radius 3 is 2.37 bits per heavy atom. The van der Waals surface area contributed by atoms with Gasteiger partial charge in [-0.25, -0.2) is 4.79 Å². The number of carboxylic acids is 1. The quantitative estimate of drug-likeness (QED) is 0.682. The molecule has 0 bridgehead atoms. The summed E-state index contributed by atoms with van der Waals surface area (Å²) in [5.41, 5.74) is 2.39. The van der Waals surface area contributed by atoms with Crippen LogP contribution >= 0.6 is 0 Å². The summed E-state index contributed by atoms with van der Waals surface area (Å²) in [4.78, 5) is 24.2. The molecule has 3 aromatic rings. The monoisotopic (exact) mass is 408 g/mol. The molecule has 0 atom stereocenters. The number of carbonyl (C=O) groups is 1. The third-order valence-electron chi connectivity index (χ3n) is 5.23. The normalized spacial score (nSPS) is 14.0. The van der Waals surface area contributed by atoms with Gasteiger partial charge in [0.2, 0.25) is 0 Å². The fourth-order valence-electron chi connectivity index (χ4n) is 3.72. The van der Waals surface area contributed by atoms with Gasteiger partial charge in [-0.05, 0) is 48.8 Å². The van der Waals surface area contributed by atoms with Crippen LogP contribution in [0.5, 0.6) is 17.2 Å². The number of aromatic carboxylic acids is 1. The fraction of sp³-hybridized carbons (Fsp3) is 0.217. The minimum Gasteiger partial charge on any atom is -0.496 e. The molecular formula is C23H20O7. The number of hydrogen-bond acceptors (Lipinski definition) is 6. The van der Waals surface area contributed by atoms with Gasteiger partial charge in [0.1, 0.15) is 17.1 Å². The first-order valence-electron chi connectivity index (χ1n) is 9.30. The van der Waals surface area contributed by atoms with Crippen molar-refractivity contribution in [2.45, 2.75) is 12.8 Å². The van der Waals surface area contributed by atoms with Gasteiger partial charge >= 0.3 is 5.97 Å². The molecule has 154 valence electrons. The minimum atomic E-state index is -1.09. The molecule has 1 aromatic heterocycles. The molecule has 30 heavy (non-hydrogen) atoms. The van der Waals surface area contributed by atoms with Gasteiger partial charge in [-0.2, -0.15) is 0 Å². The zero-order valence-electron chi connectivity index (χ0n) is 16.8. The lowest BCUT2D eigenvalue weighted by molar-refractivity contribution is 0.0697. The van der Waals surface area contributed by atoms with E-state index >= 15 is 0 Å². The van der Waals surface area contributed by atoms with Crippen molar-refractivity contribution in [2.75, 3.05) is 21.3 Å². The van der Waals surface area contributed by atoms with Crippen molar-refractivity contribution in [2.24, 2.45) is 0 Å². The highest BCUT2D eigenvalue weighted by Crippen LogP contribution is 2.39. The summed E-state index contributed by atoms with van der Waals surface area (Å²) in [5, 5.41) is 9.47. The molecule has 1 aliphatic carbocycles. The van der Waals surface area contributed by atoms with E-state index in [-0.39, 0.29) is 16.4 Å². The van der Waals surface area contributed by atoms with Crippen molar-refractivity contribution >= 4 is 28.6 Å². The predicted octanol–water partition coefficient (Wildman–Crippen LogP) is 4.00. The Kier molecular flexibility index (Phi) is 4.95. The van der Waals surface area contributed by atoms with E-state index in [2.05, 4.69) is 0 Å². The Morgan fingerprint density at radius 1 is 1.00 bits per heavy atom. The van der Waals surface area contributed by atoms with Crippen LogP contribution in [0, 0.1) is 0 Å². The minimum absolute atomic E-state index is 0.0542. The fourth-order valence-corrected chi connectivity index (χ4v) is 3.72. The van der Waals surface area contributed by atoms with E-state index in [1.54, 1.807) is 33.5 Å². The van der Waals surface area contributed by atoms with Crippen LogP contribution in [0.3, 0.4) is 0 Å². The molecule has 1 N–H and O–H groups in total. The molecule has 0 aliphatic heterocycles. The number of rotatable bonds is 5. The highest BCUT2D eigenvalue weighted by atomic mass is 16.5. The highest BCUT2D eigenvalue weighted by Gasteiger charge is 2.25. The van der Waals surface area contributed by atoms with E-state index < -0.39 is 5.97 Å². The van der Waals surface area contributed by atoms with Crippen molar-refractivity contribution < 1.29 is 28.5 Å². The first kappa shape index (κ1) is 19.6. The molecule has 1 heterocycles. The maximum Gasteiger partial charge on any atom is 0.335 e. The molecule has 2 aromatic carbocycles. The first-order chi connectivity index (χ1) is 14.5. The third-order valence-corrected chi connectivity index (χ3v) is 5.23. The molecule has 0 amide bonds. The molecule has 0 saturated heterocycles. The molecule has 4 rings (SSSR count). The molecule has 0 saturated carbocycles. The molecule has 7 nitrogen and oxygen atoms in total. The third kappa shape index (κ3) is 3.18. The van der Waals surface area contributed by atoms with Gasteiger partial charge in [-0.3, -0.25) is 4.79 Å². The molecule has 0 unspecified atom stereocenters. The van der Waals surface area contributed by atoms with Crippen molar-refractivity contribution in [3.63, 3.8) is 0 Å². The van der Waals surface area contributed by atoms with E-state index in [9.17, 15) is 14.7 Å². The predicted molar refractivity (Wildman–Crippen MR) is 112 cm³/mol. The SMILES string of the molecule is COc1cc(OC)c(OC)cc1C=C1CCc2c1oc1ccc(C(=O)O)cc1c2=O. The average Bonchev–Trinajstić information content (AvgIpc) is 3.16. The lowest BCUT2D eigenvalue weighted by Crippen LogP contribution is -2.09. The summed E-state index contributed by atoms with van der Waals surface area (Å²) in [6.45, 7) is 0. The second-order valence-electron chi connectivity index (χ2n) is 6.87. The number of methoxy groups -OCH3 is 3. The summed E-state index contributed by atoms with van der Waals surface area (Å²) in [5.74, 6) is 1.15. The van der Waals surface area contributed by atoms with E-state index in [1.165, 1.54) is 18.2 Å². The molecule has 0 fully saturated rings. The number of fused-ring (bicyclic) bond motifs is 2. The topological polar surface area (TPSA) is 95.2 Å². The first-order valence-corrected chi connectivity index (χ1v) is 9.30. The Labute approximate surface area is 172 Å². The van der Waals surface area contributed by atoms with Crippen LogP contribution in [0.2, 0.25) is 0 Å². The highest BCUT2D eigenvalue weighted by molar-refractivity contribution is 5.94. The van der Waals surface area contributed by atoms with Crippen molar-refractivity contribution in [1.82, 2.24) is 0 Å². The average molecular weight is 408 g/mol. The standard InChI is InChI=1S/C23H20O7/c1-27-18-11-20(29-3)19(28-2)10-14(18)8-12-4-6-15-21(24)16-9-13(23(25)26)5-7-17(16)30-22(12)15/h5,7-11H,4,6H2,1-3H3,(H,25,26). The number of benzene rings is 2. The Balaban J connectivity index is 1.86. The Bertz CT molecular complexity index is 1250. The van der Waals surface area contributed by atoms with E-state index in [0.717, 1.165) is 11.1 Å². The molecule has 0 radical (unpaired) electrons. The van der Waals surface area contributed by atoms with Crippen LogP contribution in [-0.4, -0.2) is 32.4 Å². The van der Waals surface area contributed by atoms with Gasteiger partial charge in [0.25, 0.3) is 0 Å². The van der Waals surface area contributed by atoms with E-state index in [1.807, 2.05) is 6.08 Å². The number of ether oxygens (including phenoxy) is 3. The molecule has 7 heteroatoms. The number of allylic oxidation sites excluding steroid dienone is 1. The van der Waals surface area contributed by atoms with Crippen LogP contribution < -0.4 is 19.6 Å². The van der Waals surface area contributed by atoms with Crippen LogP contribution in [0.1, 0.15) is 33.7 Å². The second kappa shape index (κ2) is 7.59. The Hall–Kier alpha value is -3.74. The smallest absolute Gasteiger partial charge is 0.335 e. The maximum atomic E-state index is 13.0. The van der Waals surface area contributed by atoms with Gasteiger partial charge < -0.3 is 23.7 Å². The summed E-state index contributed by atoms with van der Waals surface area (Å²) >= 11 is 0. The Morgan fingerprint density at radius 2 is 1.70 bits per heavy atom. The lowest BCUT2D eigenvalue weighted by atomic mass is 10.1. The summed E-state index contributed by atoms with van der Waals surface area (Å²) < 4.78 is 22.2. The molecule has 1 aliphatic rings. The molecular weight excluding hydrogens is 388 g/mol. The maximum absolute atomic E-state index is 13.0. The number of hydrogen-bond donors (Lipinski definition) is 1. The van der Waals surface area contributed by atoms with Gasteiger partial charge in [0.05, 0.1) is 32.3 Å².